The van der Waals surface area contributed by atoms with Gasteiger partial charge in [-0.3, -0.25) is 4.79 Å². The Morgan fingerprint density at radius 1 is 1.17 bits per heavy atom. The minimum Gasteiger partial charge on any atom is -0.504 e. The number of aromatic nitrogens is 1. The Bertz CT molecular complexity index is 1000. The van der Waals surface area contributed by atoms with E-state index >= 15 is 0 Å². The second-order valence-corrected chi connectivity index (χ2v) is 8.50. The van der Waals surface area contributed by atoms with Gasteiger partial charge in [0.05, 0.1) is 10.5 Å². The van der Waals surface area contributed by atoms with E-state index in [9.17, 15) is 31.5 Å². The number of rotatable bonds is 4. The number of piperidine rings is 1. The van der Waals surface area contributed by atoms with Gasteiger partial charge < -0.3 is 10.4 Å². The molecule has 3 rings (SSSR count). The van der Waals surface area contributed by atoms with Crippen molar-refractivity contribution in [3.05, 3.63) is 48.2 Å². The lowest BCUT2D eigenvalue weighted by atomic mass is 9.97. The van der Waals surface area contributed by atoms with Crippen LogP contribution in [0.4, 0.5) is 19.0 Å². The van der Waals surface area contributed by atoms with E-state index in [2.05, 4.69) is 10.3 Å². The minimum atomic E-state index is -4.65. The van der Waals surface area contributed by atoms with Gasteiger partial charge in [0.25, 0.3) is 0 Å². The topological polar surface area (TPSA) is 99.6 Å². The van der Waals surface area contributed by atoms with Crippen LogP contribution in [-0.4, -0.2) is 41.8 Å². The molecule has 1 amide bonds. The van der Waals surface area contributed by atoms with Crippen molar-refractivity contribution in [2.75, 3.05) is 18.4 Å². The average Bonchev–Trinajstić information content (AvgIpc) is 2.69. The van der Waals surface area contributed by atoms with Crippen molar-refractivity contribution in [3.63, 3.8) is 0 Å². The number of halogens is 3. The summed E-state index contributed by atoms with van der Waals surface area (Å²) in [6, 6.07) is 6.46. The first-order chi connectivity index (χ1) is 13.6. The van der Waals surface area contributed by atoms with Crippen molar-refractivity contribution >= 4 is 21.7 Å². The van der Waals surface area contributed by atoms with E-state index in [4.69, 9.17) is 0 Å². The number of benzene rings is 1. The van der Waals surface area contributed by atoms with Gasteiger partial charge in [0.15, 0.2) is 11.6 Å². The van der Waals surface area contributed by atoms with Crippen LogP contribution in [0.25, 0.3) is 0 Å². The van der Waals surface area contributed by atoms with Crippen LogP contribution in [0.1, 0.15) is 18.4 Å². The van der Waals surface area contributed by atoms with Crippen molar-refractivity contribution < 1.29 is 31.5 Å². The molecule has 0 radical (unpaired) electrons. The van der Waals surface area contributed by atoms with Gasteiger partial charge in [0.1, 0.15) is 0 Å². The molecule has 1 aliphatic heterocycles. The van der Waals surface area contributed by atoms with Crippen molar-refractivity contribution in [1.29, 1.82) is 0 Å². The number of hydrogen-bond donors (Lipinski definition) is 2. The number of amides is 1. The molecule has 0 spiro atoms. The lowest BCUT2D eigenvalue weighted by Gasteiger charge is -2.30. The summed E-state index contributed by atoms with van der Waals surface area (Å²) < 4.78 is 65.1. The van der Waals surface area contributed by atoms with Crippen LogP contribution in [0.2, 0.25) is 0 Å². The van der Waals surface area contributed by atoms with Crippen molar-refractivity contribution in [2.45, 2.75) is 23.9 Å². The maximum Gasteiger partial charge on any atom is 0.416 e. The van der Waals surface area contributed by atoms with E-state index in [1.807, 2.05) is 0 Å². The second kappa shape index (κ2) is 7.99. The third kappa shape index (κ3) is 4.67. The highest BCUT2D eigenvalue weighted by atomic mass is 32.2. The Morgan fingerprint density at radius 3 is 2.48 bits per heavy atom. The molecule has 0 saturated carbocycles. The number of alkyl halides is 3. The van der Waals surface area contributed by atoms with Crippen LogP contribution < -0.4 is 5.32 Å². The molecule has 11 heteroatoms. The SMILES string of the molecule is O=C(Nc1ncccc1O)C1CCN(S(=O)(=O)c2cccc(C(F)(F)F)c2)CC1. The van der Waals surface area contributed by atoms with Crippen LogP contribution in [-0.2, 0) is 21.0 Å². The molecule has 0 bridgehead atoms. The highest BCUT2D eigenvalue weighted by Gasteiger charge is 2.35. The summed E-state index contributed by atoms with van der Waals surface area (Å²) in [6.07, 6.45) is -2.86. The summed E-state index contributed by atoms with van der Waals surface area (Å²) in [5.74, 6) is -1.10. The van der Waals surface area contributed by atoms with Crippen LogP contribution in [0.3, 0.4) is 0 Å². The number of nitrogens with one attached hydrogen (secondary N) is 1. The molecule has 1 aromatic heterocycles. The van der Waals surface area contributed by atoms with Gasteiger partial charge in [-0.05, 0) is 43.2 Å². The maximum absolute atomic E-state index is 12.9. The van der Waals surface area contributed by atoms with E-state index in [0.29, 0.717) is 6.07 Å². The molecule has 1 aliphatic rings. The molecule has 2 heterocycles. The highest BCUT2D eigenvalue weighted by molar-refractivity contribution is 7.89. The van der Waals surface area contributed by atoms with Gasteiger partial charge in [-0.15, -0.1) is 0 Å². The number of hydrogen-bond acceptors (Lipinski definition) is 5. The van der Waals surface area contributed by atoms with Crippen molar-refractivity contribution in [2.24, 2.45) is 5.92 Å². The fourth-order valence-electron chi connectivity index (χ4n) is 3.05. The lowest BCUT2D eigenvalue weighted by molar-refractivity contribution is -0.137. The van der Waals surface area contributed by atoms with Gasteiger partial charge in [-0.2, -0.15) is 17.5 Å². The van der Waals surface area contributed by atoms with Crippen LogP contribution in [0.15, 0.2) is 47.5 Å². The number of nitrogens with zero attached hydrogens (tertiary/aromatic N) is 2. The number of aromatic hydroxyl groups is 1. The molecule has 7 nitrogen and oxygen atoms in total. The average molecular weight is 429 g/mol. The maximum atomic E-state index is 12.9. The first-order valence-electron chi connectivity index (χ1n) is 8.71. The fraction of sp³-hybridized carbons (Fsp3) is 0.333. The van der Waals surface area contributed by atoms with Gasteiger partial charge >= 0.3 is 6.18 Å². The summed E-state index contributed by atoms with van der Waals surface area (Å²) in [6.45, 7) is -0.0181. The molecule has 2 N–H and O–H groups in total. The molecule has 0 unspecified atom stereocenters. The van der Waals surface area contributed by atoms with E-state index in [0.717, 1.165) is 22.5 Å². The number of sulfonamides is 1. The summed E-state index contributed by atoms with van der Waals surface area (Å²) in [5, 5.41) is 12.2. The van der Waals surface area contributed by atoms with Crippen LogP contribution >= 0.6 is 0 Å². The Balaban J connectivity index is 1.67. The zero-order chi connectivity index (χ0) is 21.2. The molecule has 1 saturated heterocycles. The largest absolute Gasteiger partial charge is 0.504 e. The molecule has 29 heavy (non-hydrogen) atoms. The first-order valence-corrected chi connectivity index (χ1v) is 10.2. The summed E-state index contributed by atoms with van der Waals surface area (Å²) in [4.78, 5) is 15.8. The molecule has 1 aromatic carbocycles. The number of pyridine rings is 1. The number of anilines is 1. The summed E-state index contributed by atoms with van der Waals surface area (Å²) in [7, 11) is -4.11. The Morgan fingerprint density at radius 2 is 1.86 bits per heavy atom. The molecule has 2 aromatic rings. The minimum absolute atomic E-state index is 0.00906. The van der Waals surface area contributed by atoms with Crippen LogP contribution in [0, 0.1) is 5.92 Å². The Kier molecular flexibility index (Phi) is 5.80. The zero-order valence-corrected chi connectivity index (χ0v) is 15.9. The van der Waals surface area contributed by atoms with E-state index in [1.54, 1.807) is 0 Å². The van der Waals surface area contributed by atoms with E-state index < -0.39 is 38.5 Å². The van der Waals surface area contributed by atoms with Crippen molar-refractivity contribution in [1.82, 2.24) is 9.29 Å². The summed E-state index contributed by atoms with van der Waals surface area (Å²) in [5.41, 5.74) is -1.04. The second-order valence-electron chi connectivity index (χ2n) is 6.56. The first kappa shape index (κ1) is 21.1. The summed E-state index contributed by atoms with van der Waals surface area (Å²) >= 11 is 0. The van der Waals surface area contributed by atoms with Crippen molar-refractivity contribution in [3.8, 4) is 5.75 Å². The predicted octanol–water partition coefficient (Wildman–Crippen LogP) is 2.85. The highest BCUT2D eigenvalue weighted by Crippen LogP contribution is 2.32. The lowest BCUT2D eigenvalue weighted by Crippen LogP contribution is -2.41. The molecule has 156 valence electrons. The smallest absolute Gasteiger partial charge is 0.416 e. The van der Waals surface area contributed by atoms with Crippen LogP contribution in [0.5, 0.6) is 5.75 Å². The zero-order valence-electron chi connectivity index (χ0n) is 15.1. The Hall–Kier alpha value is -2.66. The van der Waals surface area contributed by atoms with Gasteiger partial charge in [-0.25, -0.2) is 13.4 Å². The third-order valence-corrected chi connectivity index (χ3v) is 6.55. The molecular formula is C18H18F3N3O4S. The number of carbonyl (C=O) groups is 1. The van der Waals surface area contributed by atoms with Gasteiger partial charge in [-0.1, -0.05) is 6.07 Å². The fourth-order valence-corrected chi connectivity index (χ4v) is 4.57. The van der Waals surface area contributed by atoms with Gasteiger partial charge in [0.2, 0.25) is 15.9 Å². The van der Waals surface area contributed by atoms with E-state index in [-0.39, 0.29) is 37.5 Å². The molecule has 0 atom stereocenters. The van der Waals surface area contributed by atoms with E-state index in [1.165, 1.54) is 18.3 Å². The molecular weight excluding hydrogens is 411 g/mol. The Labute approximate surface area is 165 Å². The molecule has 0 aliphatic carbocycles. The normalized spacial score (nSPS) is 16.5. The third-order valence-electron chi connectivity index (χ3n) is 4.65. The predicted molar refractivity (Wildman–Crippen MR) is 97.5 cm³/mol. The molecule has 1 fully saturated rings. The van der Waals surface area contributed by atoms with Gasteiger partial charge in [0, 0.05) is 25.2 Å². The monoisotopic (exact) mass is 429 g/mol. The quantitative estimate of drug-likeness (QED) is 0.779. The standard InChI is InChI=1S/C18H18F3N3O4S/c19-18(20,21)13-3-1-4-14(11-13)29(27,28)24-9-6-12(7-10-24)17(26)23-16-15(25)5-2-8-22-16/h1-5,8,11-12,25H,6-7,9-10H2,(H,22,23,26). The number of carbonyl (C=O) groups excluding carboxylic acids is 1.